The third-order valence-corrected chi connectivity index (χ3v) is 2.94. The van der Waals surface area contributed by atoms with Gasteiger partial charge in [0, 0.05) is 0 Å². The molecular weight excluding hydrogens is 348 g/mol. The summed E-state index contributed by atoms with van der Waals surface area (Å²) in [5, 5.41) is 0. The van der Waals surface area contributed by atoms with Gasteiger partial charge in [-0.05, 0) is 0 Å². The molecule has 0 aromatic heterocycles. The molecule has 0 N–H and O–H groups in total. The summed E-state index contributed by atoms with van der Waals surface area (Å²) in [6, 6.07) is 0. The van der Waals surface area contributed by atoms with Crippen LogP contribution < -0.4 is 0 Å². The predicted octanol–water partition coefficient (Wildman–Crippen LogP) is 1.27. The van der Waals surface area contributed by atoms with Crippen LogP contribution in [0.5, 0.6) is 0 Å². The van der Waals surface area contributed by atoms with E-state index in [1.807, 2.05) is 8.37 Å². The first-order valence-corrected chi connectivity index (χ1v) is 6.14. The second-order valence-electron chi connectivity index (χ2n) is 2.43. The van der Waals surface area contributed by atoms with Crippen LogP contribution in [0, 0.1) is 0 Å². The van der Waals surface area contributed by atoms with Gasteiger partial charge in [-0.3, -0.25) is 0 Å². The van der Waals surface area contributed by atoms with Crippen LogP contribution in [0.2, 0.25) is 0 Å². The van der Waals surface area contributed by atoms with Crippen molar-refractivity contribution >= 4 is 20.2 Å². The molecule has 0 unspecified atom stereocenters. The molecule has 0 rings (SSSR count). The van der Waals surface area contributed by atoms with E-state index in [0.29, 0.717) is 0 Å². The van der Waals surface area contributed by atoms with Gasteiger partial charge in [-0.15, -0.1) is 8.78 Å². The molecule has 6 nitrogen and oxygen atoms in total. The molecule has 116 valence electrons. The molecule has 0 aliphatic carbocycles. The molecule has 19 heavy (non-hydrogen) atoms. The maximum Gasteiger partial charge on any atom is 0.523 e. The Kier molecular flexibility index (Phi) is 4.49. The van der Waals surface area contributed by atoms with Gasteiger partial charge >= 0.3 is 37.5 Å². The molecule has 0 radical (unpaired) electrons. The lowest BCUT2D eigenvalue weighted by molar-refractivity contribution is -0.311. The van der Waals surface area contributed by atoms with Gasteiger partial charge < -0.3 is 0 Å². The lowest BCUT2D eigenvalue weighted by Gasteiger charge is -2.17. The van der Waals surface area contributed by atoms with E-state index in [0.717, 1.165) is 0 Å². The second-order valence-corrected chi connectivity index (χ2v) is 5.51. The summed E-state index contributed by atoms with van der Waals surface area (Å²) in [5.74, 6) is 0. The van der Waals surface area contributed by atoms with E-state index in [-0.39, 0.29) is 0 Å². The molecule has 0 heterocycles. The SMILES string of the molecule is O=S(=O)(OC(F)(F)OS(=O)(=O)C(F)(F)F)C(F)(F)F. The molecule has 0 amide bonds. The van der Waals surface area contributed by atoms with Crippen molar-refractivity contribution in [2.45, 2.75) is 17.3 Å². The number of rotatable bonds is 4. The Bertz CT molecular complexity index is 476. The topological polar surface area (TPSA) is 86.7 Å². The van der Waals surface area contributed by atoms with Crippen LogP contribution in [0.25, 0.3) is 0 Å². The summed E-state index contributed by atoms with van der Waals surface area (Å²) in [6.45, 7) is 0. The monoisotopic (exact) mass is 348 g/mol. The van der Waals surface area contributed by atoms with E-state index in [1.165, 1.54) is 0 Å². The number of hydrogen-bond donors (Lipinski definition) is 0. The summed E-state index contributed by atoms with van der Waals surface area (Å²) in [7, 11) is -14.2. The lowest BCUT2D eigenvalue weighted by atomic mass is 11.3. The van der Waals surface area contributed by atoms with E-state index in [9.17, 15) is 52.0 Å². The first kappa shape index (κ1) is 18.3. The zero-order valence-corrected chi connectivity index (χ0v) is 9.42. The summed E-state index contributed by atoms with van der Waals surface area (Å²) >= 11 is 0. The maximum absolute atomic E-state index is 12.3. The van der Waals surface area contributed by atoms with Crippen molar-refractivity contribution < 1.29 is 60.3 Å². The quantitative estimate of drug-likeness (QED) is 0.329. The number of alkyl halides is 8. The minimum atomic E-state index is -7.08. The summed E-state index contributed by atoms with van der Waals surface area (Å²) in [4.78, 5) is 0. The average Bonchev–Trinajstić information content (AvgIpc) is 1.93. The van der Waals surface area contributed by atoms with Crippen LogP contribution >= 0.6 is 0 Å². The van der Waals surface area contributed by atoms with Gasteiger partial charge in [0.05, 0.1) is 0 Å². The third kappa shape index (κ3) is 4.69. The van der Waals surface area contributed by atoms with E-state index >= 15 is 0 Å². The average molecular weight is 348 g/mol. The van der Waals surface area contributed by atoms with E-state index in [4.69, 9.17) is 0 Å². The van der Waals surface area contributed by atoms with Crippen LogP contribution in [0.4, 0.5) is 35.1 Å². The van der Waals surface area contributed by atoms with Crippen LogP contribution in [0.15, 0.2) is 0 Å². The highest BCUT2D eigenvalue weighted by molar-refractivity contribution is 7.88. The van der Waals surface area contributed by atoms with Gasteiger partial charge in [-0.25, -0.2) is 0 Å². The number of hydrogen-bond acceptors (Lipinski definition) is 6. The van der Waals surface area contributed by atoms with Crippen molar-refractivity contribution in [3.8, 4) is 0 Å². The summed E-state index contributed by atoms with van der Waals surface area (Å²) < 4.78 is 138. The van der Waals surface area contributed by atoms with Crippen LogP contribution in [-0.2, 0) is 28.6 Å². The Balaban J connectivity index is 5.27. The minimum absolute atomic E-state index is 1.93. The molecule has 0 fully saturated rings. The minimum Gasteiger partial charge on any atom is -0.189 e. The van der Waals surface area contributed by atoms with Gasteiger partial charge in [0.15, 0.2) is 0 Å². The van der Waals surface area contributed by atoms with Crippen molar-refractivity contribution in [2.24, 2.45) is 0 Å². The fourth-order valence-electron chi connectivity index (χ4n) is 0.364. The molecule has 0 aliphatic heterocycles. The lowest BCUT2D eigenvalue weighted by Crippen LogP contribution is -2.40. The Hall–Kier alpha value is -0.740. The molecule has 0 saturated carbocycles. The van der Waals surface area contributed by atoms with Gasteiger partial charge in [-0.1, -0.05) is 0 Å². The largest absolute Gasteiger partial charge is 0.523 e. The second kappa shape index (κ2) is 4.67. The summed E-state index contributed by atoms with van der Waals surface area (Å²) in [6.07, 6.45) is -6.23. The zero-order chi connectivity index (χ0) is 15.9. The van der Waals surface area contributed by atoms with E-state index < -0.39 is 37.5 Å². The highest BCUT2D eigenvalue weighted by atomic mass is 32.2. The normalized spacial score (nSPS) is 15.6. The smallest absolute Gasteiger partial charge is 0.189 e. The molecule has 0 saturated heterocycles. The molecule has 0 aliphatic rings. The van der Waals surface area contributed by atoms with Crippen molar-refractivity contribution in [3.05, 3.63) is 0 Å². The molecule has 0 atom stereocenters. The van der Waals surface area contributed by atoms with Gasteiger partial charge in [0.25, 0.3) is 0 Å². The molecule has 0 bridgehead atoms. The molecule has 16 heteroatoms. The fraction of sp³-hybridized carbons (Fsp3) is 1.00. The van der Waals surface area contributed by atoms with Crippen molar-refractivity contribution in [2.75, 3.05) is 0 Å². The Morgan fingerprint density at radius 2 is 0.789 bits per heavy atom. The Morgan fingerprint density at radius 1 is 0.579 bits per heavy atom. The fourth-order valence-corrected chi connectivity index (χ4v) is 1.17. The number of halogens is 8. The first-order valence-electron chi connectivity index (χ1n) is 3.33. The van der Waals surface area contributed by atoms with Crippen LogP contribution in [0.3, 0.4) is 0 Å². The van der Waals surface area contributed by atoms with Crippen LogP contribution in [-0.4, -0.2) is 34.1 Å². The van der Waals surface area contributed by atoms with Gasteiger partial charge in [0.1, 0.15) is 0 Å². The molecular formula is C3F8O6S2. The highest BCUT2D eigenvalue weighted by Crippen LogP contribution is 2.35. The third-order valence-electron chi connectivity index (χ3n) is 0.980. The van der Waals surface area contributed by atoms with Crippen molar-refractivity contribution in [1.29, 1.82) is 0 Å². The highest BCUT2D eigenvalue weighted by Gasteiger charge is 2.59. The molecule has 0 aromatic rings. The maximum atomic E-state index is 12.3. The zero-order valence-electron chi connectivity index (χ0n) is 7.79. The molecule has 0 aromatic carbocycles. The standard InChI is InChI=1S/C3F8O6S2/c4-1(5,6)18(12,13)16-3(10,11)17-19(14,15)2(7,8)9. The van der Waals surface area contributed by atoms with E-state index in [2.05, 4.69) is 0 Å². The Morgan fingerprint density at radius 3 is 0.947 bits per heavy atom. The predicted molar refractivity (Wildman–Crippen MR) is 37.1 cm³/mol. The molecule has 0 spiro atoms. The first-order chi connectivity index (χ1) is 7.91. The van der Waals surface area contributed by atoms with Gasteiger partial charge in [-0.2, -0.15) is 51.5 Å². The van der Waals surface area contributed by atoms with Crippen molar-refractivity contribution in [3.63, 3.8) is 0 Å². The Labute approximate surface area is 98.7 Å². The van der Waals surface area contributed by atoms with Crippen molar-refractivity contribution in [1.82, 2.24) is 0 Å². The van der Waals surface area contributed by atoms with Gasteiger partial charge in [0.2, 0.25) is 0 Å². The summed E-state index contributed by atoms with van der Waals surface area (Å²) in [5.41, 5.74) is -12.9. The van der Waals surface area contributed by atoms with E-state index in [1.54, 1.807) is 0 Å². The van der Waals surface area contributed by atoms with Crippen LogP contribution in [0.1, 0.15) is 0 Å².